The molecule has 0 saturated heterocycles. The molecule has 0 unspecified atom stereocenters. The van der Waals surface area contributed by atoms with Gasteiger partial charge in [0.05, 0.1) is 12.2 Å². The third kappa shape index (κ3) is 5.60. The highest BCUT2D eigenvalue weighted by molar-refractivity contribution is 9.10. The number of ether oxygens (including phenoxy) is 2. The Balaban J connectivity index is 1.68. The molecule has 28 heavy (non-hydrogen) atoms. The van der Waals surface area contributed by atoms with Crippen molar-refractivity contribution in [2.24, 2.45) is 0 Å². The lowest BCUT2D eigenvalue weighted by Gasteiger charge is -2.12. The van der Waals surface area contributed by atoms with Crippen LogP contribution in [0.3, 0.4) is 0 Å². The number of anilines is 1. The second-order valence-electron chi connectivity index (χ2n) is 6.24. The van der Waals surface area contributed by atoms with Crippen LogP contribution in [0.25, 0.3) is 0 Å². The second-order valence-corrected chi connectivity index (χ2v) is 7.15. The molecule has 0 spiro atoms. The van der Waals surface area contributed by atoms with Gasteiger partial charge in [0.1, 0.15) is 17.2 Å². The van der Waals surface area contributed by atoms with E-state index in [-0.39, 0.29) is 5.91 Å². The van der Waals surface area contributed by atoms with Gasteiger partial charge in [0.15, 0.2) is 0 Å². The summed E-state index contributed by atoms with van der Waals surface area (Å²) in [6.45, 7) is 2.69. The summed E-state index contributed by atoms with van der Waals surface area (Å²) in [6.07, 6.45) is 1.98. The Morgan fingerprint density at radius 2 is 1.68 bits per heavy atom. The monoisotopic (exact) mass is 439 g/mol. The van der Waals surface area contributed by atoms with Gasteiger partial charge in [0, 0.05) is 10.2 Å². The lowest BCUT2D eigenvalue weighted by atomic mass is 10.1. The summed E-state index contributed by atoms with van der Waals surface area (Å²) in [5.41, 5.74) is 1.18. The fourth-order valence-corrected chi connectivity index (χ4v) is 2.92. The van der Waals surface area contributed by atoms with Gasteiger partial charge in [-0.25, -0.2) is 0 Å². The van der Waals surface area contributed by atoms with Crippen molar-refractivity contribution in [3.8, 4) is 17.2 Å². The van der Waals surface area contributed by atoms with Gasteiger partial charge in [-0.15, -0.1) is 0 Å². The molecule has 1 amide bonds. The van der Waals surface area contributed by atoms with Crippen molar-refractivity contribution in [1.29, 1.82) is 0 Å². The van der Waals surface area contributed by atoms with E-state index in [1.165, 1.54) is 0 Å². The normalized spacial score (nSPS) is 10.4. The number of hydrogen-bond acceptors (Lipinski definition) is 3. The number of amides is 1. The van der Waals surface area contributed by atoms with Gasteiger partial charge in [-0.2, -0.15) is 0 Å². The fourth-order valence-electron chi connectivity index (χ4n) is 2.56. The zero-order chi connectivity index (χ0) is 19.8. The van der Waals surface area contributed by atoms with E-state index >= 15 is 0 Å². The van der Waals surface area contributed by atoms with Crippen LogP contribution in [0.5, 0.6) is 17.2 Å². The molecule has 0 saturated carbocycles. The summed E-state index contributed by atoms with van der Waals surface area (Å²) in [5, 5.41) is 2.91. The number of halogens is 1. The molecule has 1 N–H and O–H groups in total. The first-order chi connectivity index (χ1) is 13.7. The Morgan fingerprint density at radius 1 is 0.964 bits per heavy atom. The number of para-hydroxylation sites is 1. The summed E-state index contributed by atoms with van der Waals surface area (Å²) in [7, 11) is 0. The van der Waals surface area contributed by atoms with E-state index in [1.54, 1.807) is 6.07 Å². The van der Waals surface area contributed by atoms with Crippen molar-refractivity contribution in [2.75, 3.05) is 11.9 Å². The maximum atomic E-state index is 12.8. The highest BCUT2D eigenvalue weighted by Gasteiger charge is 2.14. The molecule has 0 fully saturated rings. The Bertz CT molecular complexity index is 911. The van der Waals surface area contributed by atoms with Crippen molar-refractivity contribution in [3.63, 3.8) is 0 Å². The number of rotatable bonds is 8. The molecule has 3 aromatic carbocycles. The van der Waals surface area contributed by atoms with E-state index in [1.807, 2.05) is 66.7 Å². The van der Waals surface area contributed by atoms with Crippen molar-refractivity contribution in [2.45, 2.75) is 19.8 Å². The minimum Gasteiger partial charge on any atom is -0.493 e. The highest BCUT2D eigenvalue weighted by atomic mass is 79.9. The largest absolute Gasteiger partial charge is 0.493 e. The Kier molecular flexibility index (Phi) is 7.09. The summed E-state index contributed by atoms with van der Waals surface area (Å²) in [4.78, 5) is 12.8. The molecule has 0 aromatic heterocycles. The molecule has 0 heterocycles. The zero-order valence-corrected chi connectivity index (χ0v) is 17.2. The molecule has 0 aliphatic heterocycles. The maximum absolute atomic E-state index is 12.8. The zero-order valence-electron chi connectivity index (χ0n) is 15.7. The summed E-state index contributed by atoms with van der Waals surface area (Å²) in [6, 6.07) is 22.3. The first-order valence-corrected chi connectivity index (χ1v) is 10.0. The molecular weight excluding hydrogens is 418 g/mol. The molecule has 3 rings (SSSR count). The average molecular weight is 440 g/mol. The topological polar surface area (TPSA) is 47.6 Å². The van der Waals surface area contributed by atoms with Crippen LogP contribution in [0.15, 0.2) is 77.3 Å². The minimum atomic E-state index is -0.218. The Labute approximate surface area is 173 Å². The van der Waals surface area contributed by atoms with Gasteiger partial charge >= 0.3 is 0 Å². The Morgan fingerprint density at radius 3 is 2.39 bits per heavy atom. The number of benzene rings is 3. The van der Waals surface area contributed by atoms with Crippen molar-refractivity contribution >= 4 is 27.5 Å². The van der Waals surface area contributed by atoms with Gasteiger partial charge in [-0.05, 0) is 61.0 Å². The quantitative estimate of drug-likeness (QED) is 0.398. The second kappa shape index (κ2) is 9.95. The molecule has 0 atom stereocenters. The number of carbonyl (C=O) groups excluding carboxylic acids is 1. The van der Waals surface area contributed by atoms with Crippen LogP contribution in [0.2, 0.25) is 0 Å². The van der Waals surface area contributed by atoms with Crippen LogP contribution in [0.1, 0.15) is 30.1 Å². The molecule has 4 nitrogen and oxygen atoms in total. The standard InChI is InChI=1S/C23H22BrNO3/c1-2-3-15-27-22-14-9-17(24)16-21(22)23(26)25-18-10-12-20(13-11-18)28-19-7-5-4-6-8-19/h4-14,16H,2-3,15H2,1H3,(H,25,26). The van der Waals surface area contributed by atoms with Gasteiger partial charge in [-0.3, -0.25) is 4.79 Å². The van der Waals surface area contributed by atoms with Crippen LogP contribution in [-0.2, 0) is 0 Å². The lowest BCUT2D eigenvalue weighted by Crippen LogP contribution is -2.14. The molecule has 0 bridgehead atoms. The van der Waals surface area contributed by atoms with Gasteiger partial charge in [-0.1, -0.05) is 47.5 Å². The number of nitrogens with one attached hydrogen (secondary N) is 1. The predicted octanol–water partition coefficient (Wildman–Crippen LogP) is 6.67. The van der Waals surface area contributed by atoms with E-state index in [9.17, 15) is 4.79 Å². The highest BCUT2D eigenvalue weighted by Crippen LogP contribution is 2.26. The molecule has 144 valence electrons. The van der Waals surface area contributed by atoms with Crippen LogP contribution in [0, 0.1) is 0 Å². The van der Waals surface area contributed by atoms with E-state index in [2.05, 4.69) is 28.2 Å². The maximum Gasteiger partial charge on any atom is 0.259 e. The SMILES string of the molecule is CCCCOc1ccc(Br)cc1C(=O)Nc1ccc(Oc2ccccc2)cc1. The first-order valence-electron chi connectivity index (χ1n) is 9.22. The van der Waals surface area contributed by atoms with Crippen molar-refractivity contribution in [1.82, 2.24) is 0 Å². The van der Waals surface area contributed by atoms with E-state index in [4.69, 9.17) is 9.47 Å². The summed E-state index contributed by atoms with van der Waals surface area (Å²) < 4.78 is 12.4. The number of carbonyl (C=O) groups is 1. The van der Waals surface area contributed by atoms with Gasteiger partial charge in [0.2, 0.25) is 0 Å². The van der Waals surface area contributed by atoms with Crippen LogP contribution in [-0.4, -0.2) is 12.5 Å². The minimum absolute atomic E-state index is 0.218. The smallest absolute Gasteiger partial charge is 0.259 e. The molecule has 0 aliphatic carbocycles. The third-order valence-corrected chi connectivity index (χ3v) is 4.53. The average Bonchev–Trinajstić information content (AvgIpc) is 2.71. The van der Waals surface area contributed by atoms with Gasteiger partial charge in [0.25, 0.3) is 5.91 Å². The lowest BCUT2D eigenvalue weighted by molar-refractivity contribution is 0.102. The molecule has 0 aliphatic rings. The molecule has 3 aromatic rings. The van der Waals surface area contributed by atoms with Crippen LogP contribution >= 0.6 is 15.9 Å². The van der Waals surface area contributed by atoms with E-state index in [0.29, 0.717) is 29.4 Å². The molecular formula is C23H22BrNO3. The summed E-state index contributed by atoms with van der Waals surface area (Å²) in [5.74, 6) is 1.83. The number of hydrogen-bond donors (Lipinski definition) is 1. The van der Waals surface area contributed by atoms with Crippen LogP contribution < -0.4 is 14.8 Å². The van der Waals surface area contributed by atoms with Crippen LogP contribution in [0.4, 0.5) is 5.69 Å². The first kappa shape index (κ1) is 20.0. The Hall–Kier alpha value is -2.79. The number of unbranched alkanes of at least 4 members (excludes halogenated alkanes) is 1. The van der Waals surface area contributed by atoms with Crippen molar-refractivity contribution < 1.29 is 14.3 Å². The van der Waals surface area contributed by atoms with E-state index in [0.717, 1.165) is 23.1 Å². The predicted molar refractivity (Wildman–Crippen MR) is 115 cm³/mol. The molecule has 5 heteroatoms. The van der Waals surface area contributed by atoms with Gasteiger partial charge < -0.3 is 14.8 Å². The summed E-state index contributed by atoms with van der Waals surface area (Å²) >= 11 is 3.42. The fraction of sp³-hybridized carbons (Fsp3) is 0.174. The van der Waals surface area contributed by atoms with E-state index < -0.39 is 0 Å². The third-order valence-electron chi connectivity index (χ3n) is 4.03. The molecule has 0 radical (unpaired) electrons. The van der Waals surface area contributed by atoms with Crippen molar-refractivity contribution in [3.05, 3.63) is 82.8 Å².